The van der Waals surface area contributed by atoms with Crippen molar-refractivity contribution in [3.63, 3.8) is 0 Å². The lowest BCUT2D eigenvalue weighted by atomic mass is 10.1. The van der Waals surface area contributed by atoms with Gasteiger partial charge < -0.3 is 5.32 Å². The highest BCUT2D eigenvalue weighted by molar-refractivity contribution is 7.18. The van der Waals surface area contributed by atoms with E-state index in [1.807, 2.05) is 0 Å². The average Bonchev–Trinajstić information content (AvgIpc) is 2.86. The van der Waals surface area contributed by atoms with Gasteiger partial charge in [0.25, 0.3) is 0 Å². The van der Waals surface area contributed by atoms with Gasteiger partial charge in [0.15, 0.2) is 0 Å². The number of hydrogen-bond acceptors (Lipinski definition) is 5. The number of nitrogens with zero attached hydrogens (tertiary/aromatic N) is 1. The van der Waals surface area contributed by atoms with E-state index in [0.29, 0.717) is 16.4 Å². The molecule has 0 aliphatic carbocycles. The summed E-state index contributed by atoms with van der Waals surface area (Å²) in [6.07, 6.45) is 1.40. The summed E-state index contributed by atoms with van der Waals surface area (Å²) in [5, 5.41) is 8.56. The van der Waals surface area contributed by atoms with Crippen LogP contribution >= 0.6 is 11.3 Å². The van der Waals surface area contributed by atoms with Crippen LogP contribution in [0.1, 0.15) is 17.3 Å². The molecular formula is C12H11N4O3S+. The minimum absolute atomic E-state index is 0.232. The highest BCUT2D eigenvalue weighted by Crippen LogP contribution is 2.23. The molecule has 0 unspecified atom stereocenters. The summed E-state index contributed by atoms with van der Waals surface area (Å²) in [6, 6.07) is 6.63. The van der Waals surface area contributed by atoms with Crippen LogP contribution in [-0.4, -0.2) is 11.8 Å². The number of carbonyl (C=O) groups excluding carboxylic acids is 2. The first-order chi connectivity index (χ1) is 9.60. The molecule has 20 heavy (non-hydrogen) atoms. The number of nitroso groups, excluding NO2 is 1. The average molecular weight is 291 g/mol. The molecule has 2 aromatic rings. The lowest BCUT2D eigenvalue weighted by molar-refractivity contribution is -0.353. The minimum Gasteiger partial charge on any atom is -0.326 e. The molecule has 102 valence electrons. The molecule has 0 fully saturated rings. The number of hydrogen-bond donors (Lipinski definition) is 2. The monoisotopic (exact) mass is 291 g/mol. The van der Waals surface area contributed by atoms with Crippen LogP contribution in [0, 0.1) is 4.91 Å². The molecule has 2 rings (SSSR count). The van der Waals surface area contributed by atoms with Crippen LogP contribution in [0.5, 0.6) is 0 Å². The van der Waals surface area contributed by atoms with E-state index < -0.39 is 5.91 Å². The number of benzene rings is 1. The van der Waals surface area contributed by atoms with Crippen LogP contribution < -0.4 is 15.6 Å². The van der Waals surface area contributed by atoms with E-state index in [9.17, 15) is 14.5 Å². The van der Waals surface area contributed by atoms with Crippen molar-refractivity contribution >= 4 is 39.0 Å². The predicted octanol–water partition coefficient (Wildman–Crippen LogP) is 2.17. The minimum atomic E-state index is -0.398. The van der Waals surface area contributed by atoms with Crippen molar-refractivity contribution in [2.75, 3.05) is 10.6 Å². The lowest BCUT2D eigenvalue weighted by Gasteiger charge is -2.06. The summed E-state index contributed by atoms with van der Waals surface area (Å²) in [7, 11) is 0. The van der Waals surface area contributed by atoms with E-state index in [1.165, 1.54) is 13.1 Å². The Morgan fingerprint density at radius 2 is 2.00 bits per heavy atom. The predicted molar refractivity (Wildman–Crippen MR) is 75.0 cm³/mol. The second-order valence-corrected chi connectivity index (χ2v) is 4.86. The van der Waals surface area contributed by atoms with E-state index in [2.05, 4.69) is 20.8 Å². The Morgan fingerprint density at radius 3 is 2.65 bits per heavy atom. The number of thiazole rings is 1. The molecular weight excluding hydrogens is 280 g/mol. The first-order valence-corrected chi connectivity index (χ1v) is 6.44. The van der Waals surface area contributed by atoms with Crippen LogP contribution in [0.15, 0.2) is 35.6 Å². The summed E-state index contributed by atoms with van der Waals surface area (Å²) in [4.78, 5) is 36.3. The molecule has 1 aromatic carbocycles. The van der Waals surface area contributed by atoms with Crippen molar-refractivity contribution in [2.24, 2.45) is 5.18 Å². The third-order valence-electron chi connectivity index (χ3n) is 2.33. The summed E-state index contributed by atoms with van der Waals surface area (Å²) in [5.74, 6) is -0.662. The van der Waals surface area contributed by atoms with Gasteiger partial charge in [0.2, 0.25) is 10.9 Å². The number of amides is 2. The molecule has 2 amide bonds. The third-order valence-corrected chi connectivity index (χ3v) is 3.16. The fourth-order valence-electron chi connectivity index (χ4n) is 1.55. The molecule has 1 aromatic heterocycles. The van der Waals surface area contributed by atoms with Gasteiger partial charge in [0, 0.05) is 6.92 Å². The second kappa shape index (κ2) is 6.02. The Kier molecular flexibility index (Phi) is 4.16. The van der Waals surface area contributed by atoms with Gasteiger partial charge in [-0.15, -0.1) is 4.91 Å². The fraction of sp³-hybridized carbons (Fsp3) is 0.0833. The topological polar surface area (TPSA) is 102 Å². The lowest BCUT2D eigenvalue weighted by Crippen LogP contribution is -2.19. The first kappa shape index (κ1) is 13.8. The van der Waals surface area contributed by atoms with Gasteiger partial charge in [0.05, 0.1) is 11.3 Å². The maximum Gasteiger partial charge on any atom is 0.341 e. The molecule has 0 spiro atoms. The van der Waals surface area contributed by atoms with Crippen molar-refractivity contribution < 1.29 is 14.6 Å². The number of rotatable bonds is 4. The molecule has 0 aliphatic rings. The molecule has 0 radical (unpaired) electrons. The maximum atomic E-state index is 12.1. The van der Waals surface area contributed by atoms with Gasteiger partial charge in [-0.05, 0) is 28.6 Å². The van der Waals surface area contributed by atoms with Crippen LogP contribution in [-0.2, 0) is 4.79 Å². The number of carbonyl (C=O) groups is 2. The van der Waals surface area contributed by atoms with E-state index in [-0.39, 0.29) is 10.9 Å². The highest BCUT2D eigenvalue weighted by Gasteiger charge is 2.19. The molecule has 8 heteroatoms. The normalized spacial score (nSPS) is 9.85. The molecule has 0 saturated heterocycles. The standard InChI is InChI=1S/C12H10N4O3S/c1-7(17)14-9-5-3-2-4-8(9)11(18)15-12-13-6-10(16-19)20-12/h2-6H,1H3,(H,14,17)(H,13,15,18)/p+1. The van der Waals surface area contributed by atoms with Crippen molar-refractivity contribution in [3.8, 4) is 0 Å². The molecule has 7 nitrogen and oxygen atoms in total. The van der Waals surface area contributed by atoms with Crippen LogP contribution in [0.2, 0.25) is 0 Å². The maximum absolute atomic E-state index is 12.1. The highest BCUT2D eigenvalue weighted by atomic mass is 32.1. The molecule has 3 N–H and O–H groups in total. The zero-order valence-electron chi connectivity index (χ0n) is 10.5. The largest absolute Gasteiger partial charge is 0.341 e. The van der Waals surface area contributed by atoms with E-state index in [1.54, 1.807) is 24.3 Å². The summed E-state index contributed by atoms with van der Waals surface area (Å²) in [6.45, 7) is 1.36. The van der Waals surface area contributed by atoms with Gasteiger partial charge in [-0.3, -0.25) is 4.79 Å². The fourth-order valence-corrected chi connectivity index (χ4v) is 2.17. The SMILES string of the molecule is CC(=O)Nc1ccccc1C(=O)Nc1[nH+]cc(N=O)s1. The van der Waals surface area contributed by atoms with Gasteiger partial charge in [-0.1, -0.05) is 12.1 Å². The number of aromatic amines is 1. The van der Waals surface area contributed by atoms with Gasteiger partial charge >= 0.3 is 11.0 Å². The Balaban J connectivity index is 2.20. The number of aromatic nitrogens is 1. The van der Waals surface area contributed by atoms with Crippen molar-refractivity contribution in [1.82, 2.24) is 0 Å². The molecule has 0 bridgehead atoms. The summed E-state index contributed by atoms with van der Waals surface area (Å²) < 4.78 is 0. The van der Waals surface area contributed by atoms with Crippen molar-refractivity contribution in [1.29, 1.82) is 0 Å². The number of H-pyrrole nitrogens is 1. The smallest absolute Gasteiger partial charge is 0.326 e. The van der Waals surface area contributed by atoms with E-state index in [4.69, 9.17) is 0 Å². The van der Waals surface area contributed by atoms with Crippen LogP contribution in [0.3, 0.4) is 0 Å². The van der Waals surface area contributed by atoms with Crippen LogP contribution in [0.25, 0.3) is 0 Å². The zero-order valence-corrected chi connectivity index (χ0v) is 11.3. The van der Waals surface area contributed by atoms with Gasteiger partial charge in [-0.2, -0.15) is 5.32 Å². The van der Waals surface area contributed by atoms with Gasteiger partial charge in [-0.25, -0.2) is 9.78 Å². The Morgan fingerprint density at radius 1 is 1.25 bits per heavy atom. The first-order valence-electron chi connectivity index (χ1n) is 5.63. The summed E-state index contributed by atoms with van der Waals surface area (Å²) in [5.41, 5.74) is 0.743. The van der Waals surface area contributed by atoms with Gasteiger partial charge in [0.1, 0.15) is 6.20 Å². The number of anilines is 2. The van der Waals surface area contributed by atoms with E-state index in [0.717, 1.165) is 11.3 Å². The quantitative estimate of drug-likeness (QED) is 0.844. The van der Waals surface area contributed by atoms with Crippen LogP contribution in [0.4, 0.5) is 15.8 Å². The second-order valence-electron chi connectivity index (χ2n) is 3.83. The van der Waals surface area contributed by atoms with E-state index >= 15 is 0 Å². The van der Waals surface area contributed by atoms with Crippen molar-refractivity contribution in [2.45, 2.75) is 6.92 Å². The zero-order chi connectivity index (χ0) is 14.5. The molecule has 0 saturated carbocycles. The molecule has 0 atom stereocenters. The third kappa shape index (κ3) is 3.23. The van der Waals surface area contributed by atoms with Crippen molar-refractivity contribution in [3.05, 3.63) is 40.9 Å². The Hall–Kier alpha value is -2.61. The number of para-hydroxylation sites is 1. The number of nitrogens with one attached hydrogen (secondary N) is 3. The Labute approximate surface area is 118 Å². The molecule has 0 aliphatic heterocycles. The molecule has 1 heterocycles. The Bertz CT molecular complexity index is 668. The summed E-state index contributed by atoms with van der Waals surface area (Å²) >= 11 is 1.02.